The predicted molar refractivity (Wildman–Crippen MR) is 128 cm³/mol. The Balaban J connectivity index is 1.31. The number of nitrogens with zero attached hydrogens (tertiary/aromatic N) is 3. The first-order valence-corrected chi connectivity index (χ1v) is 10.5. The summed E-state index contributed by atoms with van der Waals surface area (Å²) in [7, 11) is 0. The maximum atomic E-state index is 13.1. The van der Waals surface area contributed by atoms with Gasteiger partial charge in [0.15, 0.2) is 0 Å². The van der Waals surface area contributed by atoms with Crippen LogP contribution < -0.4 is 21.1 Å². The molecule has 4 aromatic rings. The minimum absolute atomic E-state index is 0.0804. The molecule has 0 unspecified atom stereocenters. The Labute approximate surface area is 193 Å². The fourth-order valence-electron chi connectivity index (χ4n) is 3.89. The fraction of sp³-hybridized carbons (Fsp3) is 0.0800. The third kappa shape index (κ3) is 4.02. The highest BCUT2D eigenvalue weighted by Gasteiger charge is 2.27. The number of amides is 3. The first-order valence-electron chi connectivity index (χ1n) is 10.5. The molecule has 0 saturated carbocycles. The van der Waals surface area contributed by atoms with Crippen LogP contribution in [-0.2, 0) is 16.1 Å². The van der Waals surface area contributed by atoms with Crippen molar-refractivity contribution in [2.75, 3.05) is 22.1 Å². The second kappa shape index (κ2) is 8.62. The van der Waals surface area contributed by atoms with Crippen molar-refractivity contribution in [1.29, 1.82) is 0 Å². The summed E-state index contributed by atoms with van der Waals surface area (Å²) in [5, 5.41) is 5.50. The molecule has 5 rings (SSSR count). The highest BCUT2D eigenvalue weighted by molar-refractivity contribution is 6.15. The number of rotatable bonds is 4. The summed E-state index contributed by atoms with van der Waals surface area (Å²) in [6, 6.07) is 20.6. The topological polar surface area (TPSA) is 113 Å². The number of benzene rings is 3. The monoisotopic (exact) mass is 453 g/mol. The lowest BCUT2D eigenvalue weighted by Gasteiger charge is -2.29. The number of anilines is 3. The van der Waals surface area contributed by atoms with Crippen molar-refractivity contribution >= 4 is 45.8 Å². The average Bonchev–Trinajstić information content (AvgIpc) is 2.85. The van der Waals surface area contributed by atoms with E-state index in [1.165, 1.54) is 15.7 Å². The average molecular weight is 453 g/mol. The first kappa shape index (κ1) is 21.1. The van der Waals surface area contributed by atoms with E-state index in [1.54, 1.807) is 66.7 Å². The number of nitrogens with one attached hydrogen (secondary N) is 2. The van der Waals surface area contributed by atoms with Gasteiger partial charge >= 0.3 is 0 Å². The van der Waals surface area contributed by atoms with Gasteiger partial charge in [-0.15, -0.1) is 0 Å². The molecule has 1 aliphatic heterocycles. The van der Waals surface area contributed by atoms with Gasteiger partial charge in [0.2, 0.25) is 11.8 Å². The van der Waals surface area contributed by atoms with Gasteiger partial charge < -0.3 is 10.6 Å². The number of aromatic nitrogens is 2. The molecule has 0 fully saturated rings. The van der Waals surface area contributed by atoms with E-state index in [4.69, 9.17) is 0 Å². The van der Waals surface area contributed by atoms with Crippen LogP contribution in [0.1, 0.15) is 10.4 Å². The van der Waals surface area contributed by atoms with E-state index in [9.17, 15) is 19.2 Å². The van der Waals surface area contributed by atoms with E-state index in [0.717, 1.165) is 0 Å². The van der Waals surface area contributed by atoms with Gasteiger partial charge in [0, 0.05) is 11.3 Å². The van der Waals surface area contributed by atoms with Crippen LogP contribution in [-0.4, -0.2) is 33.8 Å². The smallest absolute Gasteiger partial charge is 0.269 e. The third-order valence-electron chi connectivity index (χ3n) is 5.49. The zero-order valence-electron chi connectivity index (χ0n) is 17.9. The molecular formula is C25H19N5O4. The van der Waals surface area contributed by atoms with Crippen molar-refractivity contribution in [1.82, 2.24) is 9.55 Å². The van der Waals surface area contributed by atoms with Crippen molar-refractivity contribution in [3.05, 3.63) is 94.9 Å². The number of hydrogen-bond acceptors (Lipinski definition) is 5. The standard InChI is InChI=1S/C25H19N5O4/c31-22(14-29-20-7-3-1-5-18(20)26-13-24(29)33)27-17-11-9-16(10-12-17)25(34)30-15-23(32)28-19-6-2-4-8-21(19)30/h1-13H,14-15H2,(H,27,31)(H,28,32). The van der Waals surface area contributed by atoms with Crippen LogP contribution in [0, 0.1) is 0 Å². The molecule has 3 aromatic carbocycles. The molecule has 9 heteroatoms. The van der Waals surface area contributed by atoms with Crippen LogP contribution in [0.25, 0.3) is 11.0 Å². The van der Waals surface area contributed by atoms with Gasteiger partial charge in [0.25, 0.3) is 11.5 Å². The third-order valence-corrected chi connectivity index (χ3v) is 5.49. The molecule has 3 amide bonds. The van der Waals surface area contributed by atoms with Gasteiger partial charge in [0.1, 0.15) is 13.1 Å². The Kier molecular flexibility index (Phi) is 5.35. The van der Waals surface area contributed by atoms with Crippen molar-refractivity contribution in [2.45, 2.75) is 6.54 Å². The predicted octanol–water partition coefficient (Wildman–Crippen LogP) is 2.63. The van der Waals surface area contributed by atoms with Crippen molar-refractivity contribution < 1.29 is 14.4 Å². The maximum absolute atomic E-state index is 13.1. The zero-order valence-corrected chi connectivity index (χ0v) is 17.9. The molecule has 34 heavy (non-hydrogen) atoms. The summed E-state index contributed by atoms with van der Waals surface area (Å²) < 4.78 is 1.36. The lowest BCUT2D eigenvalue weighted by atomic mass is 10.1. The Hall–Kier alpha value is -4.79. The zero-order chi connectivity index (χ0) is 23.7. The van der Waals surface area contributed by atoms with Gasteiger partial charge in [-0.1, -0.05) is 24.3 Å². The minimum Gasteiger partial charge on any atom is -0.325 e. The van der Waals surface area contributed by atoms with Crippen LogP contribution in [0.3, 0.4) is 0 Å². The Bertz CT molecular complexity index is 1490. The van der Waals surface area contributed by atoms with Gasteiger partial charge in [-0.25, -0.2) is 4.98 Å². The Morgan fingerprint density at radius 2 is 1.68 bits per heavy atom. The van der Waals surface area contributed by atoms with Crippen LogP contribution in [0.4, 0.5) is 17.1 Å². The molecule has 0 bridgehead atoms. The largest absolute Gasteiger partial charge is 0.325 e. The summed E-state index contributed by atoms with van der Waals surface area (Å²) in [6.07, 6.45) is 1.19. The molecule has 0 aliphatic carbocycles. The number of carbonyl (C=O) groups is 3. The van der Waals surface area contributed by atoms with E-state index in [0.29, 0.717) is 33.7 Å². The summed E-state index contributed by atoms with van der Waals surface area (Å²) in [5.74, 6) is -0.982. The minimum atomic E-state index is -0.390. The molecule has 1 aromatic heterocycles. The molecule has 0 spiro atoms. The maximum Gasteiger partial charge on any atom is 0.269 e. The van der Waals surface area contributed by atoms with Crippen LogP contribution >= 0.6 is 0 Å². The van der Waals surface area contributed by atoms with E-state index >= 15 is 0 Å². The summed E-state index contributed by atoms with van der Waals surface area (Å²) >= 11 is 0. The first-order chi connectivity index (χ1) is 16.5. The molecule has 0 atom stereocenters. The van der Waals surface area contributed by atoms with E-state index in [2.05, 4.69) is 15.6 Å². The molecule has 9 nitrogen and oxygen atoms in total. The fourth-order valence-corrected chi connectivity index (χ4v) is 3.89. The molecule has 0 radical (unpaired) electrons. The highest BCUT2D eigenvalue weighted by Crippen LogP contribution is 2.30. The van der Waals surface area contributed by atoms with Crippen molar-refractivity contribution in [3.8, 4) is 0 Å². The molecule has 1 aliphatic rings. The van der Waals surface area contributed by atoms with Crippen LogP contribution in [0.2, 0.25) is 0 Å². The second-order valence-corrected chi connectivity index (χ2v) is 7.75. The lowest BCUT2D eigenvalue weighted by Crippen LogP contribution is -2.42. The Morgan fingerprint density at radius 3 is 2.50 bits per heavy atom. The van der Waals surface area contributed by atoms with Crippen LogP contribution in [0.5, 0.6) is 0 Å². The van der Waals surface area contributed by atoms with E-state index in [1.807, 2.05) is 6.07 Å². The molecule has 0 saturated heterocycles. The SMILES string of the molecule is O=C(Cn1c(=O)cnc2ccccc21)Nc1ccc(C(=O)N2CC(=O)Nc3ccccc32)cc1. The van der Waals surface area contributed by atoms with Gasteiger partial charge in [-0.3, -0.25) is 28.6 Å². The number of fused-ring (bicyclic) bond motifs is 2. The highest BCUT2D eigenvalue weighted by atomic mass is 16.2. The molecule has 168 valence electrons. The van der Waals surface area contributed by atoms with Crippen LogP contribution in [0.15, 0.2) is 83.8 Å². The number of para-hydroxylation sites is 4. The van der Waals surface area contributed by atoms with E-state index < -0.39 is 0 Å². The molecule has 2 N–H and O–H groups in total. The number of carbonyl (C=O) groups excluding carboxylic acids is 3. The summed E-state index contributed by atoms with van der Waals surface area (Å²) in [5.41, 5.74) is 2.86. The van der Waals surface area contributed by atoms with Crippen molar-refractivity contribution in [2.24, 2.45) is 0 Å². The van der Waals surface area contributed by atoms with Gasteiger partial charge in [-0.2, -0.15) is 0 Å². The summed E-state index contributed by atoms with van der Waals surface area (Å²) in [6.45, 7) is -0.259. The van der Waals surface area contributed by atoms with E-state index in [-0.39, 0.29) is 36.4 Å². The normalized spacial score (nSPS) is 12.7. The molecular weight excluding hydrogens is 434 g/mol. The van der Waals surface area contributed by atoms with Crippen molar-refractivity contribution in [3.63, 3.8) is 0 Å². The Morgan fingerprint density at radius 1 is 0.941 bits per heavy atom. The van der Waals surface area contributed by atoms with Gasteiger partial charge in [-0.05, 0) is 48.5 Å². The quantitative estimate of drug-likeness (QED) is 0.493. The molecule has 2 heterocycles. The van der Waals surface area contributed by atoms with Gasteiger partial charge in [0.05, 0.1) is 28.6 Å². The summed E-state index contributed by atoms with van der Waals surface area (Å²) in [4.78, 5) is 55.4. The lowest BCUT2D eigenvalue weighted by molar-refractivity contribution is -0.117. The second-order valence-electron chi connectivity index (χ2n) is 7.75. The number of hydrogen-bond donors (Lipinski definition) is 2.